The maximum absolute atomic E-state index is 12.3. The van der Waals surface area contributed by atoms with Gasteiger partial charge in [0.2, 0.25) is 5.89 Å². The molecule has 0 aliphatic heterocycles. The van der Waals surface area contributed by atoms with Crippen LogP contribution in [-0.2, 0) is 20.0 Å². The molecule has 20 heavy (non-hydrogen) atoms. The SMILES string of the molecule is Cn1cnc2cnn(Cc3nc(CCO)no3)c(=O)c21. The van der Waals surface area contributed by atoms with Crippen molar-refractivity contribution in [1.29, 1.82) is 0 Å². The fourth-order valence-electron chi connectivity index (χ4n) is 1.90. The number of nitrogens with zero attached hydrogens (tertiary/aromatic N) is 6. The second kappa shape index (κ2) is 4.85. The first kappa shape index (κ1) is 12.5. The van der Waals surface area contributed by atoms with Crippen molar-refractivity contribution in [2.45, 2.75) is 13.0 Å². The van der Waals surface area contributed by atoms with Gasteiger partial charge in [-0.15, -0.1) is 0 Å². The maximum Gasteiger partial charge on any atom is 0.293 e. The summed E-state index contributed by atoms with van der Waals surface area (Å²) >= 11 is 0. The summed E-state index contributed by atoms with van der Waals surface area (Å²) in [4.78, 5) is 20.4. The van der Waals surface area contributed by atoms with E-state index in [1.807, 2.05) is 0 Å². The lowest BCUT2D eigenvalue weighted by Gasteiger charge is -2.01. The van der Waals surface area contributed by atoms with Crippen molar-refractivity contribution in [1.82, 2.24) is 29.5 Å². The molecule has 3 aromatic heterocycles. The van der Waals surface area contributed by atoms with Gasteiger partial charge in [0, 0.05) is 13.5 Å². The number of fused-ring (bicyclic) bond motifs is 1. The third-order valence-corrected chi connectivity index (χ3v) is 2.85. The Morgan fingerprint density at radius 3 is 3.10 bits per heavy atom. The van der Waals surface area contributed by atoms with Gasteiger partial charge < -0.3 is 14.2 Å². The van der Waals surface area contributed by atoms with Crippen LogP contribution in [0.4, 0.5) is 0 Å². The van der Waals surface area contributed by atoms with Crippen LogP contribution in [0.2, 0.25) is 0 Å². The molecule has 0 radical (unpaired) electrons. The van der Waals surface area contributed by atoms with Crippen molar-refractivity contribution in [3.05, 3.63) is 34.6 Å². The number of aliphatic hydroxyl groups is 1. The highest BCUT2D eigenvalue weighted by atomic mass is 16.5. The van der Waals surface area contributed by atoms with E-state index in [0.29, 0.717) is 23.3 Å². The highest BCUT2D eigenvalue weighted by Gasteiger charge is 2.12. The Labute approximate surface area is 112 Å². The smallest absolute Gasteiger partial charge is 0.293 e. The molecule has 3 rings (SSSR count). The van der Waals surface area contributed by atoms with Crippen molar-refractivity contribution >= 4 is 11.0 Å². The predicted octanol–water partition coefficient (Wildman–Crippen LogP) is -0.904. The molecule has 1 N–H and O–H groups in total. The largest absolute Gasteiger partial charge is 0.396 e. The van der Waals surface area contributed by atoms with Gasteiger partial charge in [-0.1, -0.05) is 5.16 Å². The number of imidazole rings is 1. The molecule has 0 saturated carbocycles. The highest BCUT2D eigenvalue weighted by molar-refractivity contribution is 5.72. The Hall–Kier alpha value is -2.55. The number of aliphatic hydroxyl groups excluding tert-OH is 1. The van der Waals surface area contributed by atoms with Gasteiger partial charge in [-0.2, -0.15) is 10.1 Å². The lowest BCUT2D eigenvalue weighted by atomic mass is 10.4. The van der Waals surface area contributed by atoms with Crippen LogP contribution < -0.4 is 5.56 Å². The topological polar surface area (TPSA) is 112 Å². The molecule has 9 heteroatoms. The molecular weight excluding hydrogens is 264 g/mol. The van der Waals surface area contributed by atoms with Gasteiger partial charge in [0.15, 0.2) is 5.82 Å². The molecular formula is C11H12N6O3. The van der Waals surface area contributed by atoms with Crippen molar-refractivity contribution < 1.29 is 9.63 Å². The van der Waals surface area contributed by atoms with E-state index < -0.39 is 0 Å². The highest BCUT2D eigenvalue weighted by Crippen LogP contribution is 2.05. The Bertz CT molecular complexity index is 802. The fraction of sp³-hybridized carbons (Fsp3) is 0.364. The molecule has 0 aliphatic rings. The number of aromatic nitrogens is 6. The number of aryl methyl sites for hydroxylation is 1. The summed E-state index contributed by atoms with van der Waals surface area (Å²) in [6, 6.07) is 0. The molecule has 0 saturated heterocycles. The second-order valence-corrected chi connectivity index (χ2v) is 4.27. The minimum absolute atomic E-state index is 0.0574. The number of hydrogen-bond donors (Lipinski definition) is 1. The lowest BCUT2D eigenvalue weighted by molar-refractivity contribution is 0.292. The molecule has 3 heterocycles. The van der Waals surface area contributed by atoms with Gasteiger partial charge in [-0.25, -0.2) is 9.67 Å². The first-order chi connectivity index (χ1) is 9.69. The van der Waals surface area contributed by atoms with E-state index in [0.717, 1.165) is 0 Å². The zero-order chi connectivity index (χ0) is 14.1. The molecule has 0 spiro atoms. The van der Waals surface area contributed by atoms with Crippen LogP contribution >= 0.6 is 0 Å². The molecule has 3 aromatic rings. The average Bonchev–Trinajstić information content (AvgIpc) is 3.01. The van der Waals surface area contributed by atoms with E-state index >= 15 is 0 Å². The van der Waals surface area contributed by atoms with Gasteiger partial charge >= 0.3 is 0 Å². The van der Waals surface area contributed by atoms with Gasteiger partial charge in [0.1, 0.15) is 17.6 Å². The first-order valence-corrected chi connectivity index (χ1v) is 5.98. The first-order valence-electron chi connectivity index (χ1n) is 5.98. The predicted molar refractivity (Wildman–Crippen MR) is 67.0 cm³/mol. The minimum Gasteiger partial charge on any atom is -0.396 e. The van der Waals surface area contributed by atoms with Crippen LogP contribution in [0.15, 0.2) is 21.8 Å². The van der Waals surface area contributed by atoms with Crippen LogP contribution in [0.5, 0.6) is 0 Å². The normalized spacial score (nSPS) is 11.3. The van der Waals surface area contributed by atoms with Crippen molar-refractivity contribution in [2.24, 2.45) is 7.05 Å². The second-order valence-electron chi connectivity index (χ2n) is 4.27. The van der Waals surface area contributed by atoms with Gasteiger partial charge in [-0.05, 0) is 0 Å². The summed E-state index contributed by atoms with van der Waals surface area (Å²) < 4.78 is 7.88. The lowest BCUT2D eigenvalue weighted by Crippen LogP contribution is -2.24. The van der Waals surface area contributed by atoms with E-state index in [2.05, 4.69) is 20.2 Å². The van der Waals surface area contributed by atoms with Crippen molar-refractivity contribution in [3.63, 3.8) is 0 Å². The molecule has 0 aromatic carbocycles. The average molecular weight is 276 g/mol. The van der Waals surface area contributed by atoms with Crippen molar-refractivity contribution in [3.8, 4) is 0 Å². The zero-order valence-electron chi connectivity index (χ0n) is 10.7. The van der Waals surface area contributed by atoms with E-state index in [-0.39, 0.29) is 24.6 Å². The fourth-order valence-corrected chi connectivity index (χ4v) is 1.90. The zero-order valence-corrected chi connectivity index (χ0v) is 10.7. The van der Waals surface area contributed by atoms with Crippen LogP contribution in [-0.4, -0.2) is 41.2 Å². The van der Waals surface area contributed by atoms with Gasteiger partial charge in [-0.3, -0.25) is 4.79 Å². The van der Waals surface area contributed by atoms with Crippen molar-refractivity contribution in [2.75, 3.05) is 6.61 Å². The minimum atomic E-state index is -0.274. The molecule has 0 unspecified atom stereocenters. The summed E-state index contributed by atoms with van der Waals surface area (Å²) in [5.41, 5.74) is 0.736. The van der Waals surface area contributed by atoms with E-state index in [9.17, 15) is 4.79 Å². The van der Waals surface area contributed by atoms with Crippen LogP contribution in [0, 0.1) is 0 Å². The standard InChI is InChI=1S/C11H12N6O3/c1-16-6-12-7-4-13-17(11(19)10(7)16)5-9-14-8(2-3-18)15-20-9/h4,6,18H,2-3,5H2,1H3. The van der Waals surface area contributed by atoms with Gasteiger partial charge in [0.05, 0.1) is 19.1 Å². The van der Waals surface area contributed by atoms with E-state index in [1.54, 1.807) is 17.9 Å². The monoisotopic (exact) mass is 276 g/mol. The summed E-state index contributed by atoms with van der Waals surface area (Å²) in [7, 11) is 1.74. The molecule has 0 aliphatic carbocycles. The Morgan fingerprint density at radius 1 is 1.45 bits per heavy atom. The van der Waals surface area contributed by atoms with Crippen LogP contribution in [0.1, 0.15) is 11.7 Å². The van der Waals surface area contributed by atoms with Gasteiger partial charge in [0.25, 0.3) is 5.56 Å². The molecule has 9 nitrogen and oxygen atoms in total. The molecule has 0 amide bonds. The van der Waals surface area contributed by atoms with Crippen LogP contribution in [0.25, 0.3) is 11.0 Å². The number of hydrogen-bond acceptors (Lipinski definition) is 7. The Balaban J connectivity index is 1.95. The molecule has 104 valence electrons. The van der Waals surface area contributed by atoms with E-state index in [1.165, 1.54) is 10.9 Å². The molecule has 0 fully saturated rings. The summed E-state index contributed by atoms with van der Waals surface area (Å²) in [5, 5.41) is 16.5. The Kier molecular flexibility index (Phi) is 3.03. The maximum atomic E-state index is 12.3. The third-order valence-electron chi connectivity index (χ3n) is 2.85. The molecule has 0 bridgehead atoms. The summed E-state index contributed by atoms with van der Waals surface area (Å²) in [5.74, 6) is 0.668. The summed E-state index contributed by atoms with van der Waals surface area (Å²) in [6.07, 6.45) is 3.39. The Morgan fingerprint density at radius 2 is 2.30 bits per heavy atom. The van der Waals surface area contributed by atoms with E-state index in [4.69, 9.17) is 9.63 Å². The number of rotatable bonds is 4. The van der Waals surface area contributed by atoms with Crippen LogP contribution in [0.3, 0.4) is 0 Å². The summed E-state index contributed by atoms with van der Waals surface area (Å²) in [6.45, 7) is 0.0243. The third kappa shape index (κ3) is 2.07. The molecule has 0 atom stereocenters. The quantitative estimate of drug-likeness (QED) is 0.656.